The Balaban J connectivity index is 1.99. The van der Waals surface area contributed by atoms with E-state index in [1.54, 1.807) is 4.57 Å². The van der Waals surface area contributed by atoms with Crippen LogP contribution in [0.4, 0.5) is 13.2 Å². The zero-order valence-corrected chi connectivity index (χ0v) is 12.8. The van der Waals surface area contributed by atoms with Crippen molar-refractivity contribution in [3.8, 4) is 11.4 Å². The maximum Gasteiger partial charge on any atom is 0.573 e. The van der Waals surface area contributed by atoms with Gasteiger partial charge in [0.1, 0.15) is 11.6 Å². The van der Waals surface area contributed by atoms with Gasteiger partial charge in [0.2, 0.25) is 0 Å². The molecule has 1 saturated carbocycles. The Morgan fingerprint density at radius 1 is 1.38 bits per heavy atom. The van der Waals surface area contributed by atoms with Crippen LogP contribution in [0.25, 0.3) is 5.69 Å². The predicted octanol–water partition coefficient (Wildman–Crippen LogP) is 4.47. The molecule has 0 aliphatic heterocycles. The molecule has 0 bridgehead atoms. The van der Waals surface area contributed by atoms with Crippen molar-refractivity contribution in [2.75, 3.05) is 0 Å². The summed E-state index contributed by atoms with van der Waals surface area (Å²) in [4.78, 5) is 0. The van der Waals surface area contributed by atoms with Crippen molar-refractivity contribution in [3.05, 3.63) is 33.3 Å². The fourth-order valence-electron chi connectivity index (χ4n) is 2.01. The van der Waals surface area contributed by atoms with Crippen LogP contribution in [0.5, 0.6) is 5.75 Å². The normalized spacial score (nSPS) is 15.2. The smallest absolute Gasteiger partial charge is 0.405 e. The maximum atomic E-state index is 12.3. The van der Waals surface area contributed by atoms with Gasteiger partial charge in [-0.1, -0.05) is 0 Å². The summed E-state index contributed by atoms with van der Waals surface area (Å²) in [5, 5.41) is 6.90. The van der Waals surface area contributed by atoms with Crippen LogP contribution in [0.2, 0.25) is 0 Å². The van der Waals surface area contributed by atoms with Crippen molar-refractivity contribution in [1.29, 1.82) is 0 Å². The molecule has 1 aliphatic carbocycles. The highest BCUT2D eigenvalue weighted by atomic mass is 79.9. The number of benzene rings is 1. The number of ether oxygens (including phenoxy) is 1. The van der Waals surface area contributed by atoms with Crippen molar-refractivity contribution in [2.45, 2.75) is 25.1 Å². The summed E-state index contributed by atoms with van der Waals surface area (Å²) in [5.41, 5.74) is 0.636. The number of hydrogen-bond acceptors (Lipinski definition) is 3. The van der Waals surface area contributed by atoms with E-state index in [2.05, 4.69) is 30.9 Å². The molecule has 21 heavy (non-hydrogen) atoms. The first-order valence-corrected chi connectivity index (χ1v) is 7.28. The summed E-state index contributed by atoms with van der Waals surface area (Å²) >= 11 is 8.27. The number of H-pyrrole nitrogens is 1. The third kappa shape index (κ3) is 3.13. The lowest BCUT2D eigenvalue weighted by molar-refractivity contribution is -0.274. The number of alkyl halides is 3. The van der Waals surface area contributed by atoms with Gasteiger partial charge in [0.25, 0.3) is 0 Å². The molecule has 1 aromatic carbocycles. The molecule has 1 N–H and O–H groups in total. The van der Waals surface area contributed by atoms with Gasteiger partial charge in [-0.15, -0.1) is 13.2 Å². The Morgan fingerprint density at radius 2 is 2.10 bits per heavy atom. The standard InChI is InChI=1S/C12H9BrF3N3OS/c13-8-5-7(3-4-9(8)20-12(14,15)16)19-10(6-1-2-6)17-18-11(19)21/h3-6H,1-2H2,(H,18,21). The van der Waals surface area contributed by atoms with Crippen LogP contribution < -0.4 is 4.74 Å². The molecule has 0 radical (unpaired) electrons. The lowest BCUT2D eigenvalue weighted by atomic mass is 10.3. The van der Waals surface area contributed by atoms with Gasteiger partial charge in [-0.2, -0.15) is 5.10 Å². The number of halogens is 4. The van der Waals surface area contributed by atoms with Crippen molar-refractivity contribution in [3.63, 3.8) is 0 Å². The average Bonchev–Trinajstić information content (AvgIpc) is 3.14. The second-order valence-corrected chi connectivity index (χ2v) is 5.90. The molecule has 1 fully saturated rings. The van der Waals surface area contributed by atoms with Gasteiger partial charge in [0.15, 0.2) is 4.77 Å². The van der Waals surface area contributed by atoms with Crippen LogP contribution in [0.15, 0.2) is 22.7 Å². The number of rotatable bonds is 3. The molecule has 112 valence electrons. The summed E-state index contributed by atoms with van der Waals surface area (Å²) in [7, 11) is 0. The average molecular weight is 380 g/mol. The topological polar surface area (TPSA) is 42.8 Å². The van der Waals surface area contributed by atoms with E-state index in [4.69, 9.17) is 12.2 Å². The zero-order valence-electron chi connectivity index (χ0n) is 10.4. The third-order valence-electron chi connectivity index (χ3n) is 3.04. The van der Waals surface area contributed by atoms with Crippen molar-refractivity contribution >= 4 is 28.1 Å². The summed E-state index contributed by atoms with van der Waals surface area (Å²) < 4.78 is 43.0. The molecule has 2 aromatic rings. The molecule has 4 nitrogen and oxygen atoms in total. The second-order valence-electron chi connectivity index (χ2n) is 4.66. The van der Waals surface area contributed by atoms with E-state index in [1.807, 2.05) is 0 Å². The molecular formula is C12H9BrF3N3OS. The van der Waals surface area contributed by atoms with Crippen LogP contribution in [0.1, 0.15) is 24.6 Å². The summed E-state index contributed by atoms with van der Waals surface area (Å²) in [6.45, 7) is 0. The Kier molecular flexibility index (Phi) is 3.56. The highest BCUT2D eigenvalue weighted by Gasteiger charge is 2.32. The second kappa shape index (κ2) is 5.13. The Bertz CT molecular complexity index is 736. The molecular weight excluding hydrogens is 371 g/mol. The van der Waals surface area contributed by atoms with E-state index in [9.17, 15) is 13.2 Å². The van der Waals surface area contributed by atoms with Gasteiger partial charge in [-0.05, 0) is 59.2 Å². The molecule has 3 rings (SSSR count). The summed E-state index contributed by atoms with van der Waals surface area (Å²) in [6, 6.07) is 4.29. The largest absolute Gasteiger partial charge is 0.573 e. The van der Waals surface area contributed by atoms with Crippen LogP contribution in [-0.2, 0) is 0 Å². The Labute approximate surface area is 131 Å². The van der Waals surface area contributed by atoms with Gasteiger partial charge in [-0.25, -0.2) is 0 Å². The molecule has 0 amide bonds. The van der Waals surface area contributed by atoms with Crippen molar-refractivity contribution < 1.29 is 17.9 Å². The lowest BCUT2D eigenvalue weighted by Crippen LogP contribution is -2.17. The molecule has 1 aliphatic rings. The monoisotopic (exact) mass is 379 g/mol. The molecule has 1 aromatic heterocycles. The first-order chi connectivity index (χ1) is 9.85. The number of nitrogens with zero attached hydrogens (tertiary/aromatic N) is 2. The van der Waals surface area contributed by atoms with Crippen LogP contribution in [0.3, 0.4) is 0 Å². The Hall–Kier alpha value is -1.35. The van der Waals surface area contributed by atoms with Gasteiger partial charge >= 0.3 is 6.36 Å². The van der Waals surface area contributed by atoms with Gasteiger partial charge < -0.3 is 4.74 Å². The Morgan fingerprint density at radius 3 is 2.67 bits per heavy atom. The van der Waals surface area contributed by atoms with Crippen LogP contribution in [-0.4, -0.2) is 21.1 Å². The van der Waals surface area contributed by atoms with Gasteiger partial charge in [-0.3, -0.25) is 9.67 Å². The maximum absolute atomic E-state index is 12.3. The van der Waals surface area contributed by atoms with Crippen molar-refractivity contribution in [2.24, 2.45) is 0 Å². The number of aromatic amines is 1. The van der Waals surface area contributed by atoms with Crippen LogP contribution >= 0.6 is 28.1 Å². The molecule has 0 saturated heterocycles. The zero-order chi connectivity index (χ0) is 15.2. The first-order valence-electron chi connectivity index (χ1n) is 6.08. The van der Waals surface area contributed by atoms with E-state index in [0.717, 1.165) is 18.7 Å². The van der Waals surface area contributed by atoms with Gasteiger partial charge in [0.05, 0.1) is 10.2 Å². The predicted molar refractivity (Wildman–Crippen MR) is 75.1 cm³/mol. The molecule has 0 atom stereocenters. The highest BCUT2D eigenvalue weighted by molar-refractivity contribution is 9.10. The van der Waals surface area contributed by atoms with E-state index < -0.39 is 6.36 Å². The minimum Gasteiger partial charge on any atom is -0.405 e. The summed E-state index contributed by atoms with van der Waals surface area (Å²) in [5.74, 6) is 0.855. The first kappa shape index (κ1) is 14.6. The van der Waals surface area contributed by atoms with Crippen LogP contribution in [0, 0.1) is 4.77 Å². The highest BCUT2D eigenvalue weighted by Crippen LogP contribution is 2.40. The molecule has 9 heteroatoms. The minimum atomic E-state index is -4.73. The van der Waals surface area contributed by atoms with Gasteiger partial charge in [0, 0.05) is 5.92 Å². The van der Waals surface area contributed by atoms with E-state index in [-0.39, 0.29) is 10.2 Å². The SMILES string of the molecule is FC(F)(F)Oc1ccc(-n2c(C3CC3)n[nH]c2=S)cc1Br. The van der Waals surface area contributed by atoms with E-state index in [1.165, 1.54) is 18.2 Å². The fourth-order valence-corrected chi connectivity index (χ4v) is 2.70. The molecule has 1 heterocycles. The lowest BCUT2D eigenvalue weighted by Gasteiger charge is -2.12. The summed E-state index contributed by atoms with van der Waals surface area (Å²) in [6.07, 6.45) is -2.65. The number of aromatic nitrogens is 3. The number of nitrogens with one attached hydrogen (secondary N) is 1. The number of hydrogen-bond donors (Lipinski definition) is 1. The quantitative estimate of drug-likeness (QED) is 0.800. The minimum absolute atomic E-state index is 0.196. The molecule has 0 spiro atoms. The fraction of sp³-hybridized carbons (Fsp3) is 0.333. The van der Waals surface area contributed by atoms with Crippen molar-refractivity contribution in [1.82, 2.24) is 14.8 Å². The third-order valence-corrected chi connectivity index (χ3v) is 3.93. The van der Waals surface area contributed by atoms with E-state index >= 15 is 0 Å². The molecule has 0 unspecified atom stereocenters. The van der Waals surface area contributed by atoms with E-state index in [0.29, 0.717) is 16.4 Å².